The Bertz CT molecular complexity index is 825. The molecule has 3 aromatic rings. The van der Waals surface area contributed by atoms with E-state index >= 15 is 0 Å². The van der Waals surface area contributed by atoms with Gasteiger partial charge in [0.2, 0.25) is 0 Å². The van der Waals surface area contributed by atoms with E-state index in [1.807, 2.05) is 55.5 Å². The maximum absolute atomic E-state index is 5.98. The summed E-state index contributed by atoms with van der Waals surface area (Å²) in [6.45, 7) is 1.96. The second kappa shape index (κ2) is 5.50. The maximum Gasteiger partial charge on any atom is 0.136 e. The van der Waals surface area contributed by atoms with Crippen molar-refractivity contribution in [2.24, 2.45) is 5.73 Å². The zero-order valence-corrected chi connectivity index (χ0v) is 12.4. The molecule has 1 aromatic heterocycles. The molecule has 2 N–H and O–H groups in total. The van der Waals surface area contributed by atoms with Gasteiger partial charge in [-0.2, -0.15) is 0 Å². The molecule has 0 fully saturated rings. The molecule has 0 atom stereocenters. The highest BCUT2D eigenvalue weighted by Gasteiger charge is 2.06. The lowest BCUT2D eigenvalue weighted by atomic mass is 10.1. The van der Waals surface area contributed by atoms with E-state index in [0.29, 0.717) is 4.99 Å². The number of rotatable bonds is 3. The quantitative estimate of drug-likeness (QED) is 0.743. The first-order valence-corrected chi connectivity index (χ1v) is 6.98. The zero-order chi connectivity index (χ0) is 14.8. The Morgan fingerprint density at radius 2 is 2.00 bits per heavy atom. The SMILES string of the molecule is Cc1cc(Oc2cccc3ncccc23)ccc1C(N)=S. The molecule has 3 nitrogen and oxygen atoms in total. The molecule has 0 aliphatic rings. The molecular weight excluding hydrogens is 280 g/mol. The molecule has 0 radical (unpaired) electrons. The van der Waals surface area contributed by atoms with Crippen LogP contribution < -0.4 is 10.5 Å². The van der Waals surface area contributed by atoms with Crippen LogP contribution in [0.25, 0.3) is 10.9 Å². The van der Waals surface area contributed by atoms with Gasteiger partial charge in [-0.1, -0.05) is 18.3 Å². The predicted molar refractivity (Wildman–Crippen MR) is 88.9 cm³/mol. The summed E-state index contributed by atoms with van der Waals surface area (Å²) in [5, 5.41) is 0.982. The fourth-order valence-corrected chi connectivity index (χ4v) is 2.50. The summed E-state index contributed by atoms with van der Waals surface area (Å²) in [7, 11) is 0. The highest BCUT2D eigenvalue weighted by Crippen LogP contribution is 2.29. The van der Waals surface area contributed by atoms with E-state index < -0.39 is 0 Å². The predicted octanol–water partition coefficient (Wildman–Crippen LogP) is 3.97. The normalized spacial score (nSPS) is 10.5. The van der Waals surface area contributed by atoms with E-state index in [4.69, 9.17) is 22.7 Å². The number of benzene rings is 2. The summed E-state index contributed by atoms with van der Waals surface area (Å²) < 4.78 is 5.98. The second-order valence-corrected chi connectivity index (χ2v) is 5.21. The molecule has 0 amide bonds. The van der Waals surface area contributed by atoms with Crippen LogP contribution in [-0.4, -0.2) is 9.97 Å². The Kier molecular flexibility index (Phi) is 3.54. The molecule has 104 valence electrons. The average molecular weight is 294 g/mol. The van der Waals surface area contributed by atoms with E-state index in [2.05, 4.69) is 4.98 Å². The first-order chi connectivity index (χ1) is 10.1. The summed E-state index contributed by atoms with van der Waals surface area (Å²) in [6.07, 6.45) is 1.77. The molecule has 4 heteroatoms. The van der Waals surface area contributed by atoms with Crippen LogP contribution in [0.15, 0.2) is 54.7 Å². The van der Waals surface area contributed by atoms with E-state index in [-0.39, 0.29) is 0 Å². The van der Waals surface area contributed by atoms with Crippen molar-refractivity contribution < 1.29 is 4.74 Å². The van der Waals surface area contributed by atoms with Gasteiger partial charge in [-0.05, 0) is 55.0 Å². The van der Waals surface area contributed by atoms with E-state index in [1.54, 1.807) is 6.20 Å². The second-order valence-electron chi connectivity index (χ2n) is 4.77. The molecule has 0 saturated heterocycles. The molecule has 0 aliphatic heterocycles. The van der Waals surface area contributed by atoms with Crippen LogP contribution in [0.5, 0.6) is 11.5 Å². The van der Waals surface area contributed by atoms with Crippen molar-refractivity contribution in [3.8, 4) is 11.5 Å². The lowest BCUT2D eigenvalue weighted by Gasteiger charge is -2.11. The highest BCUT2D eigenvalue weighted by atomic mass is 32.1. The number of nitrogens with two attached hydrogens (primary N) is 1. The van der Waals surface area contributed by atoms with Crippen molar-refractivity contribution in [3.63, 3.8) is 0 Å². The number of thiocarbonyl (C=S) groups is 1. The van der Waals surface area contributed by atoms with Crippen molar-refractivity contribution in [1.29, 1.82) is 0 Å². The topological polar surface area (TPSA) is 48.1 Å². The first-order valence-electron chi connectivity index (χ1n) is 6.57. The summed E-state index contributed by atoms with van der Waals surface area (Å²) in [6, 6.07) is 15.4. The fourth-order valence-electron chi connectivity index (χ4n) is 2.27. The van der Waals surface area contributed by atoms with Crippen LogP contribution in [0.2, 0.25) is 0 Å². The van der Waals surface area contributed by atoms with Gasteiger partial charge in [-0.15, -0.1) is 0 Å². The zero-order valence-electron chi connectivity index (χ0n) is 11.5. The number of ether oxygens (including phenoxy) is 1. The number of nitrogens with zero attached hydrogens (tertiary/aromatic N) is 1. The maximum atomic E-state index is 5.98. The number of hydrogen-bond acceptors (Lipinski definition) is 3. The number of fused-ring (bicyclic) bond motifs is 1. The largest absolute Gasteiger partial charge is 0.457 e. The molecule has 0 bridgehead atoms. The Balaban J connectivity index is 1.99. The third kappa shape index (κ3) is 2.71. The van der Waals surface area contributed by atoms with Crippen molar-refractivity contribution >= 4 is 28.1 Å². The monoisotopic (exact) mass is 294 g/mol. The van der Waals surface area contributed by atoms with Gasteiger partial charge in [0.15, 0.2) is 0 Å². The fraction of sp³-hybridized carbons (Fsp3) is 0.0588. The third-order valence-corrected chi connectivity index (χ3v) is 3.52. The Morgan fingerprint density at radius 3 is 2.76 bits per heavy atom. The Labute approximate surface area is 128 Å². The molecule has 0 saturated carbocycles. The number of aromatic nitrogens is 1. The average Bonchev–Trinajstić information content (AvgIpc) is 2.47. The minimum atomic E-state index is 0.397. The minimum absolute atomic E-state index is 0.397. The molecule has 1 heterocycles. The van der Waals surface area contributed by atoms with Crippen LogP contribution in [0, 0.1) is 6.92 Å². The van der Waals surface area contributed by atoms with Crippen LogP contribution >= 0.6 is 12.2 Å². The summed E-state index contributed by atoms with van der Waals surface area (Å²) in [4.78, 5) is 4.72. The lowest BCUT2D eigenvalue weighted by molar-refractivity contribution is 0.488. The minimum Gasteiger partial charge on any atom is -0.457 e. The molecule has 21 heavy (non-hydrogen) atoms. The Hall–Kier alpha value is -2.46. The molecule has 0 aliphatic carbocycles. The van der Waals surface area contributed by atoms with Crippen LogP contribution in [0.3, 0.4) is 0 Å². The highest BCUT2D eigenvalue weighted by molar-refractivity contribution is 7.80. The molecule has 0 unspecified atom stereocenters. The summed E-state index contributed by atoms with van der Waals surface area (Å²) >= 11 is 5.01. The molecule has 0 spiro atoms. The standard InChI is InChI=1S/C17H14N2OS/c1-11-10-12(7-8-13(11)17(18)21)20-16-6-2-5-15-14(16)4-3-9-19-15/h2-10H,1H3,(H2,18,21). The van der Waals surface area contributed by atoms with Gasteiger partial charge >= 0.3 is 0 Å². The molecular formula is C17H14N2OS. The van der Waals surface area contributed by atoms with Crippen molar-refractivity contribution in [2.75, 3.05) is 0 Å². The van der Waals surface area contributed by atoms with Gasteiger partial charge in [0.25, 0.3) is 0 Å². The number of pyridine rings is 1. The first kappa shape index (κ1) is 13.5. The van der Waals surface area contributed by atoms with Gasteiger partial charge in [0.05, 0.1) is 5.52 Å². The smallest absolute Gasteiger partial charge is 0.136 e. The van der Waals surface area contributed by atoms with Crippen LogP contribution in [0.4, 0.5) is 0 Å². The number of aryl methyl sites for hydroxylation is 1. The lowest BCUT2D eigenvalue weighted by Crippen LogP contribution is -2.10. The van der Waals surface area contributed by atoms with Crippen LogP contribution in [-0.2, 0) is 0 Å². The summed E-state index contributed by atoms with van der Waals surface area (Å²) in [5.74, 6) is 1.53. The van der Waals surface area contributed by atoms with Gasteiger partial charge in [-0.3, -0.25) is 4.98 Å². The van der Waals surface area contributed by atoms with Gasteiger partial charge in [0, 0.05) is 17.1 Å². The Morgan fingerprint density at radius 1 is 1.14 bits per heavy atom. The van der Waals surface area contributed by atoms with Crippen molar-refractivity contribution in [1.82, 2.24) is 4.98 Å². The third-order valence-electron chi connectivity index (χ3n) is 3.30. The van der Waals surface area contributed by atoms with E-state index in [0.717, 1.165) is 33.5 Å². The van der Waals surface area contributed by atoms with Crippen molar-refractivity contribution in [2.45, 2.75) is 6.92 Å². The number of hydrogen-bond donors (Lipinski definition) is 1. The van der Waals surface area contributed by atoms with Crippen molar-refractivity contribution in [3.05, 3.63) is 65.9 Å². The van der Waals surface area contributed by atoms with Gasteiger partial charge in [-0.25, -0.2) is 0 Å². The molecule has 3 rings (SSSR count). The van der Waals surface area contributed by atoms with Gasteiger partial charge < -0.3 is 10.5 Å². The van der Waals surface area contributed by atoms with Crippen LogP contribution in [0.1, 0.15) is 11.1 Å². The van der Waals surface area contributed by atoms with E-state index in [1.165, 1.54) is 0 Å². The molecule has 2 aromatic carbocycles. The van der Waals surface area contributed by atoms with Gasteiger partial charge in [0.1, 0.15) is 16.5 Å². The van der Waals surface area contributed by atoms with E-state index in [9.17, 15) is 0 Å². The summed E-state index contributed by atoms with van der Waals surface area (Å²) in [5.41, 5.74) is 8.45.